The van der Waals surface area contributed by atoms with Crippen molar-refractivity contribution in [3.8, 4) is 0 Å². The predicted molar refractivity (Wildman–Crippen MR) is 121 cm³/mol. The second kappa shape index (κ2) is 8.19. The third-order valence-electron chi connectivity index (χ3n) is 4.63. The zero-order valence-corrected chi connectivity index (χ0v) is 17.9. The number of nitrogens with one attached hydrogen (secondary N) is 1. The van der Waals surface area contributed by atoms with E-state index in [2.05, 4.69) is 31.1 Å². The number of fused-ring (bicyclic) bond motifs is 1. The van der Waals surface area contributed by atoms with Gasteiger partial charge in [-0.2, -0.15) is 11.8 Å². The summed E-state index contributed by atoms with van der Waals surface area (Å²) >= 11 is 11.5. The van der Waals surface area contributed by atoms with E-state index in [1.54, 1.807) is 12.1 Å². The Morgan fingerprint density at radius 1 is 1.21 bits per heavy atom. The number of thioether (sulfide) groups is 1. The van der Waals surface area contributed by atoms with Crippen molar-refractivity contribution >= 4 is 73.2 Å². The number of hydrogen-bond donors (Lipinski definition) is 2. The molecule has 0 atom stereocenters. The maximum Gasteiger partial charge on any atom is 0.337 e. The van der Waals surface area contributed by atoms with E-state index in [9.17, 15) is 9.90 Å². The highest BCUT2D eigenvalue weighted by Crippen LogP contribution is 2.38. The lowest BCUT2D eigenvalue weighted by atomic mass is 10.1. The maximum atomic E-state index is 11.7. The first kappa shape index (κ1) is 19.4. The average Bonchev–Trinajstić information content (AvgIpc) is 2.70. The van der Waals surface area contributed by atoms with E-state index in [0.717, 1.165) is 51.3 Å². The number of carboxylic acid groups (broad SMARTS) is 1. The van der Waals surface area contributed by atoms with Crippen LogP contribution in [0.5, 0.6) is 0 Å². The highest BCUT2D eigenvalue weighted by molar-refractivity contribution is 9.10. The molecule has 8 heteroatoms. The molecule has 2 heterocycles. The van der Waals surface area contributed by atoms with Gasteiger partial charge in [0.05, 0.1) is 34.3 Å². The summed E-state index contributed by atoms with van der Waals surface area (Å²) in [6.45, 7) is 1.85. The maximum absolute atomic E-state index is 11.7. The SMILES string of the molecule is O=C(O)c1cc(Cl)ccc1Nc1c(N2CCSCC2)cnc2ccc(Br)cc12. The molecule has 1 aliphatic heterocycles. The van der Waals surface area contributed by atoms with E-state index >= 15 is 0 Å². The van der Waals surface area contributed by atoms with Crippen LogP contribution in [0.25, 0.3) is 10.9 Å². The lowest BCUT2D eigenvalue weighted by Crippen LogP contribution is -2.33. The molecule has 0 saturated carbocycles. The molecule has 0 spiro atoms. The van der Waals surface area contributed by atoms with E-state index in [4.69, 9.17) is 11.6 Å². The lowest BCUT2D eigenvalue weighted by molar-refractivity contribution is 0.0698. The number of hydrogen-bond acceptors (Lipinski definition) is 5. The summed E-state index contributed by atoms with van der Waals surface area (Å²) in [5, 5.41) is 14.3. The number of nitrogens with zero attached hydrogens (tertiary/aromatic N) is 2. The second-order valence-corrected chi connectivity index (χ2v) is 8.98. The van der Waals surface area contributed by atoms with Crippen LogP contribution >= 0.6 is 39.3 Å². The normalized spacial score (nSPS) is 14.3. The molecule has 4 rings (SSSR count). The molecule has 2 N–H and O–H groups in total. The second-order valence-electron chi connectivity index (χ2n) is 6.40. The van der Waals surface area contributed by atoms with Gasteiger partial charge in [0.15, 0.2) is 0 Å². The van der Waals surface area contributed by atoms with Crippen molar-refractivity contribution < 1.29 is 9.90 Å². The quantitative estimate of drug-likeness (QED) is 0.505. The monoisotopic (exact) mass is 477 g/mol. The molecule has 3 aromatic rings. The predicted octanol–water partition coefficient (Wildman–Crippen LogP) is 5.65. The van der Waals surface area contributed by atoms with Gasteiger partial charge < -0.3 is 15.3 Å². The molecule has 28 heavy (non-hydrogen) atoms. The molecule has 0 radical (unpaired) electrons. The fourth-order valence-electron chi connectivity index (χ4n) is 3.27. The molecule has 1 aliphatic rings. The zero-order valence-electron chi connectivity index (χ0n) is 14.8. The average molecular weight is 479 g/mol. The van der Waals surface area contributed by atoms with Crippen molar-refractivity contribution in [1.82, 2.24) is 4.98 Å². The van der Waals surface area contributed by atoms with Crippen LogP contribution in [0.1, 0.15) is 10.4 Å². The van der Waals surface area contributed by atoms with Crippen LogP contribution in [0.15, 0.2) is 47.1 Å². The summed E-state index contributed by atoms with van der Waals surface area (Å²) in [4.78, 5) is 18.7. The summed E-state index contributed by atoms with van der Waals surface area (Å²) in [5.41, 5.74) is 3.29. The van der Waals surface area contributed by atoms with Gasteiger partial charge >= 0.3 is 5.97 Å². The fraction of sp³-hybridized carbons (Fsp3) is 0.200. The van der Waals surface area contributed by atoms with Crippen LogP contribution in [0.4, 0.5) is 17.1 Å². The largest absolute Gasteiger partial charge is 0.478 e. The Balaban J connectivity index is 1.88. The molecule has 0 bridgehead atoms. The lowest BCUT2D eigenvalue weighted by Gasteiger charge is -2.31. The minimum atomic E-state index is -1.03. The first-order valence-corrected chi connectivity index (χ1v) is 11.1. The van der Waals surface area contributed by atoms with Crippen LogP contribution in [-0.2, 0) is 0 Å². The van der Waals surface area contributed by atoms with Crippen molar-refractivity contribution in [3.63, 3.8) is 0 Å². The molecule has 0 aliphatic carbocycles. The molecule has 0 amide bonds. The van der Waals surface area contributed by atoms with Gasteiger partial charge in [-0.25, -0.2) is 4.79 Å². The number of rotatable bonds is 4. The minimum Gasteiger partial charge on any atom is -0.478 e. The van der Waals surface area contributed by atoms with Gasteiger partial charge in [-0.15, -0.1) is 0 Å². The molecule has 1 fully saturated rings. The Labute approximate surface area is 180 Å². The summed E-state index contributed by atoms with van der Waals surface area (Å²) in [5.74, 6) is 1.08. The van der Waals surface area contributed by atoms with E-state index in [0.29, 0.717) is 10.7 Å². The first-order chi connectivity index (χ1) is 13.5. The van der Waals surface area contributed by atoms with Gasteiger partial charge in [0, 0.05) is 39.5 Å². The topological polar surface area (TPSA) is 65.5 Å². The van der Waals surface area contributed by atoms with Gasteiger partial charge in [-0.05, 0) is 36.4 Å². The van der Waals surface area contributed by atoms with E-state index in [-0.39, 0.29) is 5.56 Å². The molecule has 1 aromatic heterocycles. The number of benzene rings is 2. The standard InChI is InChI=1S/C20H17BrClN3O2S/c21-12-1-3-16-14(9-12)19(18(11-23-16)25-5-7-28-8-6-25)24-17-4-2-13(22)10-15(17)20(26)27/h1-4,9-11H,5-8H2,(H,23,24)(H,26,27). The Morgan fingerprint density at radius 2 is 2.00 bits per heavy atom. The highest BCUT2D eigenvalue weighted by atomic mass is 79.9. The number of pyridine rings is 1. The smallest absolute Gasteiger partial charge is 0.337 e. The molecule has 2 aromatic carbocycles. The number of halogens is 2. The van der Waals surface area contributed by atoms with Crippen molar-refractivity contribution in [2.24, 2.45) is 0 Å². The summed E-state index contributed by atoms with van der Waals surface area (Å²) < 4.78 is 0.936. The van der Waals surface area contributed by atoms with Gasteiger partial charge in [0.25, 0.3) is 0 Å². The molecule has 1 saturated heterocycles. The van der Waals surface area contributed by atoms with Crippen molar-refractivity contribution in [2.45, 2.75) is 0 Å². The third-order valence-corrected chi connectivity index (χ3v) is 6.30. The Hall–Kier alpha value is -1.96. The highest BCUT2D eigenvalue weighted by Gasteiger charge is 2.20. The van der Waals surface area contributed by atoms with Crippen LogP contribution in [0.2, 0.25) is 5.02 Å². The molecule has 144 valence electrons. The summed E-state index contributed by atoms with van der Waals surface area (Å²) in [6, 6.07) is 10.7. The van der Waals surface area contributed by atoms with Crippen LogP contribution in [0, 0.1) is 0 Å². The first-order valence-electron chi connectivity index (χ1n) is 8.74. The van der Waals surface area contributed by atoms with Crippen LogP contribution in [-0.4, -0.2) is 40.7 Å². The number of aromatic nitrogens is 1. The summed E-state index contributed by atoms with van der Waals surface area (Å²) in [6.07, 6.45) is 1.87. The van der Waals surface area contributed by atoms with Gasteiger partial charge in [0.2, 0.25) is 0 Å². The Morgan fingerprint density at radius 3 is 2.75 bits per heavy atom. The molecule has 5 nitrogen and oxygen atoms in total. The third kappa shape index (κ3) is 3.92. The van der Waals surface area contributed by atoms with E-state index in [1.165, 1.54) is 6.07 Å². The zero-order chi connectivity index (χ0) is 19.7. The molecular formula is C20H17BrClN3O2S. The number of anilines is 3. The van der Waals surface area contributed by atoms with Crippen LogP contribution in [0.3, 0.4) is 0 Å². The Kier molecular flexibility index (Phi) is 5.66. The van der Waals surface area contributed by atoms with Gasteiger partial charge in [-0.3, -0.25) is 4.98 Å². The van der Waals surface area contributed by atoms with Crippen LogP contribution < -0.4 is 10.2 Å². The fourth-order valence-corrected chi connectivity index (χ4v) is 4.70. The number of carboxylic acids is 1. The van der Waals surface area contributed by atoms with Crippen molar-refractivity contribution in [2.75, 3.05) is 34.8 Å². The number of aromatic carboxylic acids is 1. The van der Waals surface area contributed by atoms with Gasteiger partial charge in [-0.1, -0.05) is 27.5 Å². The van der Waals surface area contributed by atoms with Crippen molar-refractivity contribution in [1.29, 1.82) is 0 Å². The van der Waals surface area contributed by atoms with E-state index in [1.807, 2.05) is 36.2 Å². The number of carbonyl (C=O) groups is 1. The van der Waals surface area contributed by atoms with Gasteiger partial charge in [0.1, 0.15) is 0 Å². The summed E-state index contributed by atoms with van der Waals surface area (Å²) in [7, 11) is 0. The molecule has 0 unspecified atom stereocenters. The Bertz CT molecular complexity index is 1060. The molecular weight excluding hydrogens is 462 g/mol. The van der Waals surface area contributed by atoms with Crippen molar-refractivity contribution in [3.05, 3.63) is 57.7 Å². The van der Waals surface area contributed by atoms with E-state index < -0.39 is 5.97 Å². The minimum absolute atomic E-state index is 0.132.